The highest BCUT2D eigenvalue weighted by molar-refractivity contribution is 7.92. The molecular weight excluding hydrogens is 470 g/mol. The zero-order valence-corrected chi connectivity index (χ0v) is 19.0. The first-order valence-electron chi connectivity index (χ1n) is 10.6. The van der Waals surface area contributed by atoms with Crippen molar-refractivity contribution in [1.82, 2.24) is 4.98 Å². The third kappa shape index (κ3) is 3.56. The lowest BCUT2D eigenvalue weighted by atomic mass is 9.71. The molecule has 1 aliphatic heterocycles. The molecule has 1 aliphatic carbocycles. The topological polar surface area (TPSA) is 68.3 Å². The number of hydrogen-bond acceptors (Lipinski definition) is 5. The Balaban J connectivity index is 1.63. The molecule has 0 spiro atoms. The van der Waals surface area contributed by atoms with Crippen LogP contribution in [0.1, 0.15) is 24.8 Å². The van der Waals surface area contributed by atoms with Crippen molar-refractivity contribution in [3.05, 3.63) is 83.0 Å². The quantitative estimate of drug-likeness (QED) is 0.533. The maximum absolute atomic E-state index is 15.3. The number of hydrogen-bond donors (Lipinski definition) is 1. The minimum atomic E-state index is -4.14. The predicted octanol–water partition coefficient (Wildman–Crippen LogP) is 5.36. The van der Waals surface area contributed by atoms with Crippen LogP contribution in [0, 0.1) is 17.6 Å². The van der Waals surface area contributed by atoms with Gasteiger partial charge in [0.05, 0.1) is 17.1 Å². The molecule has 33 heavy (non-hydrogen) atoms. The van der Waals surface area contributed by atoms with Gasteiger partial charge >= 0.3 is 0 Å². The van der Waals surface area contributed by atoms with E-state index < -0.39 is 32.1 Å². The lowest BCUT2D eigenvalue weighted by Gasteiger charge is -2.49. The van der Waals surface area contributed by atoms with E-state index in [-0.39, 0.29) is 35.3 Å². The summed E-state index contributed by atoms with van der Waals surface area (Å²) in [4.78, 5) is 4.30. The van der Waals surface area contributed by atoms with Crippen molar-refractivity contribution in [3.8, 4) is 5.75 Å². The average Bonchev–Trinajstić information content (AvgIpc) is 2.81. The van der Waals surface area contributed by atoms with Gasteiger partial charge in [0.15, 0.2) is 21.4 Å². The van der Waals surface area contributed by atoms with Crippen molar-refractivity contribution in [2.45, 2.75) is 34.9 Å². The first-order chi connectivity index (χ1) is 15.8. The fourth-order valence-corrected chi connectivity index (χ4v) is 7.62. The van der Waals surface area contributed by atoms with Gasteiger partial charge in [0, 0.05) is 23.2 Å². The van der Waals surface area contributed by atoms with E-state index in [1.54, 1.807) is 12.3 Å². The summed E-state index contributed by atoms with van der Waals surface area (Å²) < 4.78 is 62.1. The highest BCUT2D eigenvalue weighted by atomic mass is 35.5. The van der Waals surface area contributed by atoms with Crippen LogP contribution in [0.15, 0.2) is 65.7 Å². The van der Waals surface area contributed by atoms with Crippen molar-refractivity contribution in [2.24, 2.45) is 5.92 Å². The van der Waals surface area contributed by atoms with E-state index >= 15 is 4.39 Å². The Morgan fingerprint density at radius 1 is 1.06 bits per heavy atom. The van der Waals surface area contributed by atoms with E-state index in [4.69, 9.17) is 16.3 Å². The van der Waals surface area contributed by atoms with Crippen molar-refractivity contribution in [1.29, 1.82) is 0 Å². The van der Waals surface area contributed by atoms with Crippen LogP contribution < -0.4 is 10.1 Å². The van der Waals surface area contributed by atoms with E-state index in [0.717, 1.165) is 12.1 Å². The fraction of sp³-hybridized carbons (Fsp3) is 0.292. The number of sulfone groups is 1. The minimum absolute atomic E-state index is 0.0181. The predicted molar refractivity (Wildman–Crippen MR) is 121 cm³/mol. The maximum atomic E-state index is 15.3. The molecule has 9 heteroatoms. The molecule has 3 aromatic rings. The highest BCUT2D eigenvalue weighted by Gasteiger charge is 2.59. The van der Waals surface area contributed by atoms with Gasteiger partial charge in [-0.05, 0) is 67.8 Å². The van der Waals surface area contributed by atoms with Gasteiger partial charge in [-0.2, -0.15) is 0 Å². The molecule has 0 saturated heterocycles. The van der Waals surface area contributed by atoms with Crippen LogP contribution >= 0.6 is 11.6 Å². The lowest BCUT2D eigenvalue weighted by Crippen LogP contribution is -2.54. The van der Waals surface area contributed by atoms with Crippen LogP contribution in [0.2, 0.25) is 5.02 Å². The Hall–Kier alpha value is -2.71. The molecule has 2 aliphatic rings. The van der Waals surface area contributed by atoms with Crippen molar-refractivity contribution < 1.29 is 21.9 Å². The number of nitrogens with zero attached hydrogens (tertiary/aromatic N) is 1. The number of benzene rings is 2. The summed E-state index contributed by atoms with van der Waals surface area (Å²) in [6.07, 6.45) is 2.58. The van der Waals surface area contributed by atoms with Gasteiger partial charge in [0.1, 0.15) is 16.4 Å². The molecule has 3 atom stereocenters. The summed E-state index contributed by atoms with van der Waals surface area (Å²) in [7, 11) is -4.14. The van der Waals surface area contributed by atoms with Crippen LogP contribution in [-0.2, 0) is 14.6 Å². The molecule has 2 aromatic carbocycles. The van der Waals surface area contributed by atoms with Gasteiger partial charge in [-0.1, -0.05) is 17.7 Å². The van der Waals surface area contributed by atoms with Crippen LogP contribution in [0.5, 0.6) is 5.75 Å². The maximum Gasteiger partial charge on any atom is 0.188 e. The molecule has 5 rings (SSSR count). The third-order valence-electron chi connectivity index (χ3n) is 6.62. The van der Waals surface area contributed by atoms with Gasteiger partial charge in [0.25, 0.3) is 0 Å². The van der Waals surface area contributed by atoms with E-state index in [1.165, 1.54) is 24.3 Å². The van der Waals surface area contributed by atoms with Crippen molar-refractivity contribution in [3.63, 3.8) is 0 Å². The Bertz CT molecular complexity index is 1290. The van der Waals surface area contributed by atoms with Crippen LogP contribution in [-0.4, -0.2) is 26.1 Å². The molecule has 2 heterocycles. The molecular formula is C24H21ClF2N2O3S. The second kappa shape index (κ2) is 8.25. The van der Waals surface area contributed by atoms with Crippen LogP contribution in [0.4, 0.5) is 14.6 Å². The number of rotatable bonds is 4. The van der Waals surface area contributed by atoms with Crippen molar-refractivity contribution >= 4 is 27.3 Å². The molecule has 1 fully saturated rings. The van der Waals surface area contributed by atoms with Gasteiger partial charge in [-0.3, -0.25) is 0 Å². The molecule has 0 unspecified atom stereocenters. The second-order valence-electron chi connectivity index (χ2n) is 8.42. The summed E-state index contributed by atoms with van der Waals surface area (Å²) in [6, 6.07) is 13.1. The number of aromatic nitrogens is 1. The molecule has 1 N–H and O–H groups in total. The number of pyridine rings is 1. The van der Waals surface area contributed by atoms with E-state index in [2.05, 4.69) is 10.3 Å². The molecule has 172 valence electrons. The van der Waals surface area contributed by atoms with E-state index in [0.29, 0.717) is 23.7 Å². The molecule has 5 nitrogen and oxygen atoms in total. The summed E-state index contributed by atoms with van der Waals surface area (Å²) >= 11 is 5.97. The fourth-order valence-electron chi connectivity index (χ4n) is 5.13. The Morgan fingerprint density at radius 3 is 2.55 bits per heavy atom. The number of fused-ring (bicyclic) bond motifs is 3. The minimum Gasteiger partial charge on any atom is -0.490 e. The lowest BCUT2D eigenvalue weighted by molar-refractivity contribution is 0.119. The molecule has 0 amide bonds. The smallest absolute Gasteiger partial charge is 0.188 e. The molecule has 1 saturated carbocycles. The Kier molecular flexibility index (Phi) is 5.53. The van der Waals surface area contributed by atoms with Crippen molar-refractivity contribution in [2.75, 3.05) is 11.9 Å². The second-order valence-corrected chi connectivity index (χ2v) is 11.1. The summed E-state index contributed by atoms with van der Waals surface area (Å²) in [5.74, 6) is -1.81. The largest absolute Gasteiger partial charge is 0.490 e. The summed E-state index contributed by atoms with van der Waals surface area (Å²) in [5.41, 5.74) is -0.218. The Labute approximate surface area is 195 Å². The van der Waals surface area contributed by atoms with Gasteiger partial charge in [-0.25, -0.2) is 22.2 Å². The highest BCUT2D eigenvalue weighted by Crippen LogP contribution is 2.56. The Morgan fingerprint density at radius 2 is 1.82 bits per heavy atom. The van der Waals surface area contributed by atoms with Gasteiger partial charge < -0.3 is 10.1 Å². The monoisotopic (exact) mass is 490 g/mol. The molecule has 0 radical (unpaired) electrons. The number of ether oxygens (including phenoxy) is 1. The summed E-state index contributed by atoms with van der Waals surface area (Å²) in [5, 5.41) is 3.72. The zero-order valence-electron chi connectivity index (χ0n) is 17.5. The zero-order chi connectivity index (χ0) is 23.2. The first kappa shape index (κ1) is 22.1. The van der Waals surface area contributed by atoms with E-state index in [1.807, 2.05) is 12.1 Å². The van der Waals surface area contributed by atoms with E-state index in [9.17, 15) is 12.8 Å². The number of halogens is 3. The number of anilines is 1. The standard InChI is InChI=1S/C24H21ClF2N2O3S/c25-16-4-6-18(7-5-16)33(30,31)24-11-10-17(29-21-3-1-2-12-28-21)13-15(24)14-32-23-20(27)9-8-19(26)22(23)24/h1-9,12,15,17H,10-11,13-14H2,(H,28,29)/t15-,17-,24+/m1/s1. The van der Waals surface area contributed by atoms with Crippen LogP contribution in [0.3, 0.4) is 0 Å². The third-order valence-corrected chi connectivity index (χ3v) is 9.47. The average molecular weight is 491 g/mol. The SMILES string of the molecule is O=S(=O)(c1ccc(Cl)cc1)[C@@]12CC[C@@H](Nc3ccccn3)C[C@@H]1COc1c(F)ccc(F)c12. The molecule has 0 bridgehead atoms. The summed E-state index contributed by atoms with van der Waals surface area (Å²) in [6.45, 7) is -0.0411. The van der Waals surface area contributed by atoms with Crippen LogP contribution in [0.25, 0.3) is 0 Å². The normalized spacial score (nSPS) is 24.3. The number of nitrogens with one attached hydrogen (secondary N) is 1. The first-order valence-corrected chi connectivity index (χ1v) is 12.5. The molecule has 1 aromatic heterocycles. The van der Waals surface area contributed by atoms with Gasteiger partial charge in [-0.15, -0.1) is 0 Å². The van der Waals surface area contributed by atoms with Gasteiger partial charge in [0.2, 0.25) is 0 Å².